The monoisotopic (exact) mass is 204 g/mol. The van der Waals surface area contributed by atoms with E-state index in [1.807, 2.05) is 0 Å². The van der Waals surface area contributed by atoms with Gasteiger partial charge in [0.15, 0.2) is 0 Å². The highest BCUT2D eigenvalue weighted by Crippen LogP contribution is 2.62. The van der Waals surface area contributed by atoms with Gasteiger partial charge in [-0.1, -0.05) is 0 Å². The summed E-state index contributed by atoms with van der Waals surface area (Å²) >= 11 is 13.1. The van der Waals surface area contributed by atoms with Gasteiger partial charge in [0.05, 0.1) is 0 Å². The van der Waals surface area contributed by atoms with Crippen LogP contribution < -0.4 is 0 Å². The molecule has 0 radical (unpaired) electrons. The molecule has 0 aromatic carbocycles. The first-order chi connectivity index (χ1) is 5.57. The topological polar surface area (TPSA) is 0 Å². The summed E-state index contributed by atoms with van der Waals surface area (Å²) in [6.07, 6.45) is 7.41. The summed E-state index contributed by atoms with van der Waals surface area (Å²) in [5.74, 6) is 1.70. The van der Waals surface area contributed by atoms with Gasteiger partial charge in [-0.05, 0) is 50.4 Å². The van der Waals surface area contributed by atoms with Crippen molar-refractivity contribution >= 4 is 23.2 Å². The molecule has 4 aliphatic rings. The van der Waals surface area contributed by atoms with Crippen molar-refractivity contribution in [2.75, 3.05) is 0 Å². The lowest BCUT2D eigenvalue weighted by molar-refractivity contribution is 0.0504. The molecule has 0 atom stereocenters. The summed E-state index contributed by atoms with van der Waals surface area (Å²) in [5, 5.41) is 0. The van der Waals surface area contributed by atoms with E-state index >= 15 is 0 Å². The van der Waals surface area contributed by atoms with Crippen LogP contribution in [0, 0.1) is 11.8 Å². The third kappa shape index (κ3) is 1.04. The zero-order valence-corrected chi connectivity index (χ0v) is 8.67. The Kier molecular flexibility index (Phi) is 1.42. The summed E-state index contributed by atoms with van der Waals surface area (Å²) < 4.78 is 0. The molecule has 0 heterocycles. The Bertz CT molecular complexity index is 190. The molecule has 0 amide bonds. The van der Waals surface area contributed by atoms with Crippen LogP contribution in [0.4, 0.5) is 0 Å². The van der Waals surface area contributed by atoms with Crippen molar-refractivity contribution in [3.05, 3.63) is 0 Å². The van der Waals surface area contributed by atoms with E-state index in [1.54, 1.807) is 0 Å². The molecule has 4 aliphatic carbocycles. The molecular weight excluding hydrogens is 191 g/mol. The molecule has 0 aliphatic heterocycles. The minimum Gasteiger partial charge on any atom is -0.119 e. The van der Waals surface area contributed by atoms with Gasteiger partial charge < -0.3 is 0 Å². The fourth-order valence-electron chi connectivity index (χ4n) is 4.04. The molecule has 4 fully saturated rings. The molecule has 0 N–H and O–H groups in total. The molecule has 0 spiro atoms. The van der Waals surface area contributed by atoms with E-state index in [9.17, 15) is 0 Å². The first-order valence-electron chi connectivity index (χ1n) is 4.95. The van der Waals surface area contributed by atoms with E-state index in [4.69, 9.17) is 23.2 Å². The first-order valence-corrected chi connectivity index (χ1v) is 5.70. The van der Waals surface area contributed by atoms with Crippen molar-refractivity contribution in [2.24, 2.45) is 11.8 Å². The van der Waals surface area contributed by atoms with Crippen LogP contribution in [0.15, 0.2) is 0 Å². The van der Waals surface area contributed by atoms with E-state index in [0.29, 0.717) is 0 Å². The lowest BCUT2D eigenvalue weighted by Gasteiger charge is -2.57. The van der Waals surface area contributed by atoms with Gasteiger partial charge in [0, 0.05) is 9.75 Å². The minimum atomic E-state index is 0.103. The number of rotatable bonds is 0. The van der Waals surface area contributed by atoms with E-state index in [-0.39, 0.29) is 9.75 Å². The average molecular weight is 205 g/mol. The van der Waals surface area contributed by atoms with Gasteiger partial charge in [-0.3, -0.25) is 0 Å². The maximum atomic E-state index is 6.54. The molecule has 12 heavy (non-hydrogen) atoms. The number of hydrogen-bond acceptors (Lipinski definition) is 0. The summed E-state index contributed by atoms with van der Waals surface area (Å²) in [7, 11) is 0. The van der Waals surface area contributed by atoms with Crippen LogP contribution in [0.3, 0.4) is 0 Å². The fraction of sp³-hybridized carbons (Fsp3) is 1.00. The van der Waals surface area contributed by atoms with Gasteiger partial charge in [-0.2, -0.15) is 0 Å². The summed E-state index contributed by atoms with van der Waals surface area (Å²) in [6, 6.07) is 0. The highest BCUT2D eigenvalue weighted by molar-refractivity contribution is 6.28. The van der Waals surface area contributed by atoms with Crippen LogP contribution in [0.1, 0.15) is 38.5 Å². The third-order valence-electron chi connectivity index (χ3n) is 3.92. The number of alkyl halides is 2. The van der Waals surface area contributed by atoms with Crippen molar-refractivity contribution in [3.63, 3.8) is 0 Å². The van der Waals surface area contributed by atoms with Gasteiger partial charge in [-0.15, -0.1) is 23.2 Å². The highest BCUT2D eigenvalue weighted by atomic mass is 35.5. The van der Waals surface area contributed by atoms with E-state index in [1.165, 1.54) is 32.1 Å². The molecule has 68 valence electrons. The largest absolute Gasteiger partial charge is 0.119 e. The second-order valence-corrected chi connectivity index (χ2v) is 6.87. The first kappa shape index (κ1) is 7.94. The standard InChI is InChI=1S/C10H14Cl2/c11-9-2-7-1-8(4-9)5-10(12,3-7)6-9/h7-8H,1-6H2. The van der Waals surface area contributed by atoms with Gasteiger partial charge >= 0.3 is 0 Å². The summed E-state index contributed by atoms with van der Waals surface area (Å²) in [5.41, 5.74) is 0. The Morgan fingerprint density at radius 3 is 1.58 bits per heavy atom. The molecule has 0 unspecified atom stereocenters. The molecular formula is C10H14Cl2. The van der Waals surface area contributed by atoms with Crippen LogP contribution in [-0.4, -0.2) is 9.75 Å². The molecule has 0 aromatic heterocycles. The predicted molar refractivity (Wildman–Crippen MR) is 51.9 cm³/mol. The molecule has 4 bridgehead atoms. The SMILES string of the molecule is ClC12CC3CC(C1)CC(Cl)(C3)C2. The molecule has 0 nitrogen and oxygen atoms in total. The van der Waals surface area contributed by atoms with Crippen LogP contribution in [-0.2, 0) is 0 Å². The average Bonchev–Trinajstić information content (AvgIpc) is 1.75. The van der Waals surface area contributed by atoms with Crippen molar-refractivity contribution in [1.82, 2.24) is 0 Å². The zero-order valence-electron chi connectivity index (χ0n) is 7.15. The molecule has 0 aromatic rings. The second-order valence-electron chi connectivity index (χ2n) is 5.26. The highest BCUT2D eigenvalue weighted by Gasteiger charge is 2.56. The number of halogens is 2. The predicted octanol–water partition coefficient (Wildman–Crippen LogP) is 3.56. The van der Waals surface area contributed by atoms with Gasteiger partial charge in [0.1, 0.15) is 0 Å². The van der Waals surface area contributed by atoms with Crippen LogP contribution in [0.25, 0.3) is 0 Å². The Morgan fingerprint density at radius 1 is 0.833 bits per heavy atom. The smallest absolute Gasteiger partial charge is 0.0468 e. The Labute approximate surface area is 83.6 Å². The zero-order chi connectivity index (χ0) is 8.40. The van der Waals surface area contributed by atoms with Crippen molar-refractivity contribution in [2.45, 2.75) is 48.3 Å². The Morgan fingerprint density at radius 2 is 1.25 bits per heavy atom. The van der Waals surface area contributed by atoms with Crippen molar-refractivity contribution < 1.29 is 0 Å². The Balaban J connectivity index is 1.98. The van der Waals surface area contributed by atoms with Crippen LogP contribution >= 0.6 is 23.2 Å². The molecule has 4 saturated carbocycles. The van der Waals surface area contributed by atoms with Gasteiger partial charge in [-0.25, -0.2) is 0 Å². The van der Waals surface area contributed by atoms with Crippen molar-refractivity contribution in [3.8, 4) is 0 Å². The normalized spacial score (nSPS) is 62.5. The van der Waals surface area contributed by atoms with E-state index in [0.717, 1.165) is 18.3 Å². The van der Waals surface area contributed by atoms with E-state index in [2.05, 4.69) is 0 Å². The lowest BCUT2D eigenvalue weighted by Crippen LogP contribution is -2.54. The molecule has 2 heteroatoms. The number of hydrogen-bond donors (Lipinski definition) is 0. The third-order valence-corrected chi connectivity index (χ3v) is 4.80. The van der Waals surface area contributed by atoms with E-state index < -0.39 is 0 Å². The van der Waals surface area contributed by atoms with Gasteiger partial charge in [0.25, 0.3) is 0 Å². The van der Waals surface area contributed by atoms with Crippen LogP contribution in [0.5, 0.6) is 0 Å². The Hall–Kier alpha value is 0.580. The van der Waals surface area contributed by atoms with Crippen molar-refractivity contribution in [1.29, 1.82) is 0 Å². The summed E-state index contributed by atoms with van der Waals surface area (Å²) in [4.78, 5) is 0.206. The van der Waals surface area contributed by atoms with Gasteiger partial charge in [0.2, 0.25) is 0 Å². The molecule has 0 saturated heterocycles. The minimum absolute atomic E-state index is 0.103. The maximum Gasteiger partial charge on any atom is 0.0468 e. The second kappa shape index (κ2) is 2.15. The maximum absolute atomic E-state index is 6.54. The molecule has 4 rings (SSSR count). The van der Waals surface area contributed by atoms with Crippen LogP contribution in [0.2, 0.25) is 0 Å². The lowest BCUT2D eigenvalue weighted by atomic mass is 9.55. The quantitative estimate of drug-likeness (QED) is 0.530. The summed E-state index contributed by atoms with van der Waals surface area (Å²) in [6.45, 7) is 0. The fourth-order valence-corrected chi connectivity index (χ4v) is 5.49.